The number of aromatic nitrogens is 2. The maximum atomic E-state index is 13.1. The van der Waals surface area contributed by atoms with Gasteiger partial charge in [0, 0.05) is 34.4 Å². The van der Waals surface area contributed by atoms with Crippen molar-refractivity contribution < 1.29 is 9.53 Å². The number of hydrogen-bond donors (Lipinski definition) is 1. The molecule has 1 aliphatic rings. The van der Waals surface area contributed by atoms with Gasteiger partial charge in [-0.15, -0.1) is 0 Å². The number of nitrogens with one attached hydrogen (secondary N) is 1. The van der Waals surface area contributed by atoms with Crippen LogP contribution in [0.5, 0.6) is 0 Å². The fraction of sp³-hybridized carbons (Fsp3) is 0.286. The Labute approximate surface area is 166 Å². The van der Waals surface area contributed by atoms with Crippen LogP contribution in [0.1, 0.15) is 30.1 Å². The largest absolute Gasteiger partial charge is 0.376 e. The molecule has 2 aromatic heterocycles. The predicted octanol–water partition coefficient (Wildman–Crippen LogP) is 4.36. The van der Waals surface area contributed by atoms with E-state index in [-0.39, 0.29) is 18.1 Å². The van der Waals surface area contributed by atoms with Crippen LogP contribution in [0.15, 0.2) is 53.3 Å². The first kappa shape index (κ1) is 18.1. The summed E-state index contributed by atoms with van der Waals surface area (Å²) < 4.78 is 6.62. The summed E-state index contributed by atoms with van der Waals surface area (Å²) in [7, 11) is 0. The first-order chi connectivity index (χ1) is 13.1. The van der Waals surface area contributed by atoms with Gasteiger partial charge in [0.15, 0.2) is 0 Å². The first-order valence-corrected chi connectivity index (χ1v) is 9.84. The van der Waals surface area contributed by atoms with Crippen LogP contribution in [0.3, 0.4) is 0 Å². The highest BCUT2D eigenvalue weighted by molar-refractivity contribution is 9.10. The summed E-state index contributed by atoms with van der Waals surface area (Å²) in [5.41, 5.74) is 2.98. The van der Waals surface area contributed by atoms with Gasteiger partial charge in [0.25, 0.3) is 5.91 Å². The number of halogens is 1. The average Bonchev–Trinajstić information content (AvgIpc) is 3.23. The Balaban J connectivity index is 1.75. The number of rotatable bonds is 4. The van der Waals surface area contributed by atoms with Crippen LogP contribution >= 0.6 is 15.9 Å². The molecule has 6 heteroatoms. The molecule has 0 aliphatic carbocycles. The van der Waals surface area contributed by atoms with E-state index in [1.54, 1.807) is 12.4 Å². The minimum absolute atomic E-state index is 0.0442. The smallest absolute Gasteiger partial charge is 0.252 e. The van der Waals surface area contributed by atoms with Crippen molar-refractivity contribution in [2.45, 2.75) is 31.9 Å². The van der Waals surface area contributed by atoms with E-state index in [0.717, 1.165) is 46.1 Å². The summed E-state index contributed by atoms with van der Waals surface area (Å²) in [6.07, 6.45) is 5.57. The number of carbonyl (C=O) groups is 1. The van der Waals surface area contributed by atoms with Crippen molar-refractivity contribution in [3.8, 4) is 11.3 Å². The van der Waals surface area contributed by atoms with Crippen LogP contribution in [-0.4, -0.2) is 34.6 Å². The summed E-state index contributed by atoms with van der Waals surface area (Å²) >= 11 is 3.49. The van der Waals surface area contributed by atoms with E-state index < -0.39 is 0 Å². The summed E-state index contributed by atoms with van der Waals surface area (Å²) in [6, 6.07) is 11.4. The normalized spacial score (nSPS) is 17.8. The molecule has 138 valence electrons. The van der Waals surface area contributed by atoms with Gasteiger partial charge < -0.3 is 10.1 Å². The lowest BCUT2D eigenvalue weighted by Crippen LogP contribution is -2.40. The minimum atomic E-state index is -0.117. The molecular formula is C21H20BrN3O2. The van der Waals surface area contributed by atoms with Gasteiger partial charge in [0.05, 0.1) is 28.9 Å². The van der Waals surface area contributed by atoms with Gasteiger partial charge in [-0.1, -0.05) is 15.9 Å². The molecule has 1 aliphatic heterocycles. The van der Waals surface area contributed by atoms with Crippen LogP contribution in [-0.2, 0) is 4.74 Å². The quantitative estimate of drug-likeness (QED) is 0.674. The molecule has 0 unspecified atom stereocenters. The molecule has 0 radical (unpaired) electrons. The highest BCUT2D eigenvalue weighted by Crippen LogP contribution is 2.27. The molecule has 0 saturated carbocycles. The van der Waals surface area contributed by atoms with Crippen LogP contribution in [0.4, 0.5) is 0 Å². The van der Waals surface area contributed by atoms with Gasteiger partial charge in [-0.05, 0) is 56.2 Å². The lowest BCUT2D eigenvalue weighted by molar-refractivity contribution is 0.0713. The fourth-order valence-corrected chi connectivity index (χ4v) is 3.78. The number of ether oxygens (including phenoxy) is 1. The van der Waals surface area contributed by atoms with E-state index >= 15 is 0 Å². The second-order valence-corrected chi connectivity index (χ2v) is 7.69. The second-order valence-electron chi connectivity index (χ2n) is 6.77. The Bertz CT molecular complexity index is 972. The van der Waals surface area contributed by atoms with Crippen molar-refractivity contribution in [1.29, 1.82) is 0 Å². The lowest BCUT2D eigenvalue weighted by Gasteiger charge is -2.20. The molecule has 1 fully saturated rings. The molecule has 3 heterocycles. The van der Waals surface area contributed by atoms with Crippen molar-refractivity contribution in [3.05, 3.63) is 58.8 Å². The molecule has 1 aromatic carbocycles. The van der Waals surface area contributed by atoms with Crippen molar-refractivity contribution in [3.63, 3.8) is 0 Å². The van der Waals surface area contributed by atoms with E-state index in [4.69, 9.17) is 9.72 Å². The van der Waals surface area contributed by atoms with E-state index in [2.05, 4.69) is 26.2 Å². The summed E-state index contributed by atoms with van der Waals surface area (Å²) in [5, 5.41) is 3.92. The van der Waals surface area contributed by atoms with Crippen molar-refractivity contribution in [2.24, 2.45) is 0 Å². The molecule has 0 bridgehead atoms. The molecule has 1 amide bonds. The van der Waals surface area contributed by atoms with Crippen molar-refractivity contribution in [1.82, 2.24) is 15.3 Å². The maximum absolute atomic E-state index is 13.1. The number of hydrogen-bond acceptors (Lipinski definition) is 4. The topological polar surface area (TPSA) is 64.1 Å². The number of pyridine rings is 2. The van der Waals surface area contributed by atoms with Gasteiger partial charge in [-0.3, -0.25) is 9.78 Å². The van der Waals surface area contributed by atoms with Gasteiger partial charge in [-0.25, -0.2) is 4.98 Å². The average molecular weight is 426 g/mol. The predicted molar refractivity (Wildman–Crippen MR) is 109 cm³/mol. The Morgan fingerprint density at radius 3 is 2.96 bits per heavy atom. The fourth-order valence-electron chi connectivity index (χ4n) is 3.42. The zero-order valence-electron chi connectivity index (χ0n) is 15.0. The molecular weight excluding hydrogens is 406 g/mol. The van der Waals surface area contributed by atoms with Crippen LogP contribution in [0, 0.1) is 0 Å². The minimum Gasteiger partial charge on any atom is -0.376 e. The van der Waals surface area contributed by atoms with E-state index in [9.17, 15) is 4.79 Å². The lowest BCUT2D eigenvalue weighted by atomic mass is 10.0. The Kier molecular flexibility index (Phi) is 5.18. The number of amides is 1. The summed E-state index contributed by atoms with van der Waals surface area (Å²) in [4.78, 5) is 22.0. The van der Waals surface area contributed by atoms with E-state index in [1.165, 1.54) is 0 Å². The third-order valence-electron chi connectivity index (χ3n) is 4.85. The third kappa shape index (κ3) is 3.87. The molecule has 3 aromatic rings. The Morgan fingerprint density at radius 1 is 1.33 bits per heavy atom. The standard InChI is InChI=1S/C21H20BrN3O2/c1-13(20-5-3-9-27-20)24-21(26)17-11-19(14-4-2-8-23-12-14)25-18-7-6-15(22)10-16(17)18/h2,4,6-8,10-13,20H,3,5,9H2,1H3,(H,24,26)/t13-,20-/m0/s1. The highest BCUT2D eigenvalue weighted by Gasteiger charge is 2.25. The van der Waals surface area contributed by atoms with Crippen molar-refractivity contribution in [2.75, 3.05) is 6.61 Å². The van der Waals surface area contributed by atoms with Gasteiger partial charge >= 0.3 is 0 Å². The van der Waals surface area contributed by atoms with Crippen molar-refractivity contribution >= 4 is 32.7 Å². The van der Waals surface area contributed by atoms with Crippen LogP contribution in [0.2, 0.25) is 0 Å². The van der Waals surface area contributed by atoms with E-state index in [1.807, 2.05) is 43.3 Å². The summed E-state index contributed by atoms with van der Waals surface area (Å²) in [5.74, 6) is -0.117. The number of nitrogens with zero attached hydrogens (tertiary/aromatic N) is 2. The van der Waals surface area contributed by atoms with E-state index in [0.29, 0.717) is 5.56 Å². The monoisotopic (exact) mass is 425 g/mol. The Hall–Kier alpha value is -2.31. The zero-order valence-corrected chi connectivity index (χ0v) is 16.6. The number of fused-ring (bicyclic) bond motifs is 1. The summed E-state index contributed by atoms with van der Waals surface area (Å²) in [6.45, 7) is 2.76. The maximum Gasteiger partial charge on any atom is 0.252 e. The number of carbonyl (C=O) groups excluding carboxylic acids is 1. The molecule has 4 rings (SSSR count). The second kappa shape index (κ2) is 7.74. The molecule has 27 heavy (non-hydrogen) atoms. The van der Waals surface area contributed by atoms with Crippen LogP contribution in [0.25, 0.3) is 22.2 Å². The highest BCUT2D eigenvalue weighted by atomic mass is 79.9. The molecule has 1 saturated heterocycles. The zero-order chi connectivity index (χ0) is 18.8. The van der Waals surface area contributed by atoms with Crippen LogP contribution < -0.4 is 5.32 Å². The molecule has 2 atom stereocenters. The first-order valence-electron chi connectivity index (χ1n) is 9.05. The Morgan fingerprint density at radius 2 is 2.22 bits per heavy atom. The molecule has 0 spiro atoms. The van der Waals surface area contributed by atoms with Gasteiger partial charge in [-0.2, -0.15) is 0 Å². The van der Waals surface area contributed by atoms with Gasteiger partial charge in [0.2, 0.25) is 0 Å². The third-order valence-corrected chi connectivity index (χ3v) is 5.35. The molecule has 5 nitrogen and oxygen atoms in total. The van der Waals surface area contributed by atoms with Gasteiger partial charge in [0.1, 0.15) is 0 Å². The molecule has 1 N–H and O–H groups in total. The SMILES string of the molecule is C[C@H](NC(=O)c1cc(-c2cccnc2)nc2ccc(Br)cc12)[C@@H]1CCCO1. The number of benzene rings is 1.